The lowest BCUT2D eigenvalue weighted by Gasteiger charge is -2.42. The van der Waals surface area contributed by atoms with Crippen molar-refractivity contribution in [2.24, 2.45) is 5.92 Å². The molecule has 0 aromatic carbocycles. The van der Waals surface area contributed by atoms with Crippen molar-refractivity contribution >= 4 is 22.6 Å². The quantitative estimate of drug-likeness (QED) is 0.0873. The average molecular weight is 591 g/mol. The van der Waals surface area contributed by atoms with Crippen molar-refractivity contribution < 1.29 is 18.4 Å². The fourth-order valence-corrected chi connectivity index (χ4v) is 6.52. The molecular formula is C34H62O4Si2. The molecular weight excluding hydrogens is 529 g/mol. The van der Waals surface area contributed by atoms with E-state index in [4.69, 9.17) is 13.6 Å². The number of hydrogen-bond acceptors (Lipinski definition) is 4. The van der Waals surface area contributed by atoms with Crippen LogP contribution in [0.2, 0.25) is 36.3 Å². The predicted octanol–water partition coefficient (Wildman–Crippen LogP) is 10.3. The van der Waals surface area contributed by atoms with E-state index in [9.17, 15) is 4.79 Å². The van der Waals surface area contributed by atoms with Gasteiger partial charge in [-0.25, -0.2) is 4.79 Å². The molecule has 3 atom stereocenters. The van der Waals surface area contributed by atoms with E-state index in [2.05, 4.69) is 120 Å². The van der Waals surface area contributed by atoms with E-state index in [0.29, 0.717) is 12.5 Å². The fourth-order valence-electron chi connectivity index (χ4n) is 3.73. The molecule has 0 amide bonds. The Balaban J connectivity index is 5.82. The highest BCUT2D eigenvalue weighted by molar-refractivity contribution is 6.74. The maximum atomic E-state index is 11.5. The molecule has 0 heterocycles. The summed E-state index contributed by atoms with van der Waals surface area (Å²) in [5.74, 6) is 0.00785. The summed E-state index contributed by atoms with van der Waals surface area (Å²) in [5.41, 5.74) is 3.28. The zero-order valence-electron chi connectivity index (χ0n) is 28.8. The van der Waals surface area contributed by atoms with Crippen LogP contribution < -0.4 is 0 Å². The molecule has 6 heteroatoms. The first-order valence-corrected chi connectivity index (χ1v) is 20.8. The summed E-state index contributed by atoms with van der Waals surface area (Å²) in [6, 6.07) is 0. The van der Waals surface area contributed by atoms with E-state index in [1.165, 1.54) is 11.6 Å². The third-order valence-corrected chi connectivity index (χ3v) is 17.3. The highest BCUT2D eigenvalue weighted by Crippen LogP contribution is 2.40. The fraction of sp³-hybridized carbons (Fsp3) is 0.676. The van der Waals surface area contributed by atoms with Gasteiger partial charge in [-0.15, -0.1) is 0 Å². The minimum atomic E-state index is -1.97. The Kier molecular flexibility index (Phi) is 15.6. The van der Waals surface area contributed by atoms with Gasteiger partial charge in [0.1, 0.15) is 0 Å². The topological polar surface area (TPSA) is 44.8 Å². The van der Waals surface area contributed by atoms with E-state index < -0.39 is 16.6 Å². The number of carbonyl (C=O) groups is 1. The molecule has 0 aliphatic heterocycles. The van der Waals surface area contributed by atoms with Crippen LogP contribution in [0.3, 0.4) is 0 Å². The first kappa shape index (κ1) is 38.5. The van der Waals surface area contributed by atoms with Crippen LogP contribution in [0, 0.1) is 5.92 Å². The third kappa shape index (κ3) is 14.4. The molecule has 4 nitrogen and oxygen atoms in total. The summed E-state index contributed by atoms with van der Waals surface area (Å²) in [5, 5.41) is 0.330. The molecule has 0 radical (unpaired) electrons. The van der Waals surface area contributed by atoms with Crippen LogP contribution in [0.25, 0.3) is 0 Å². The third-order valence-electron chi connectivity index (χ3n) is 8.17. The van der Waals surface area contributed by atoms with Crippen LogP contribution in [0.4, 0.5) is 0 Å². The maximum absolute atomic E-state index is 11.5. The van der Waals surface area contributed by atoms with Gasteiger partial charge in [-0.05, 0) is 83.2 Å². The zero-order valence-corrected chi connectivity index (χ0v) is 30.8. The van der Waals surface area contributed by atoms with E-state index in [1.54, 1.807) is 13.0 Å². The lowest BCUT2D eigenvalue weighted by Crippen LogP contribution is -2.46. The van der Waals surface area contributed by atoms with Gasteiger partial charge >= 0.3 is 5.97 Å². The van der Waals surface area contributed by atoms with Crippen LogP contribution in [0.5, 0.6) is 0 Å². The lowest BCUT2D eigenvalue weighted by atomic mass is 9.96. The Labute approximate surface area is 250 Å². The molecule has 40 heavy (non-hydrogen) atoms. The Hall–Kier alpha value is -1.48. The molecule has 0 N–H and O–H groups in total. The second-order valence-corrected chi connectivity index (χ2v) is 23.9. The zero-order chi connectivity index (χ0) is 31.5. The van der Waals surface area contributed by atoms with E-state index in [1.807, 2.05) is 13.0 Å². The number of hydrogen-bond donors (Lipinski definition) is 0. The van der Waals surface area contributed by atoms with Gasteiger partial charge in [0.15, 0.2) is 16.6 Å². The Bertz CT molecular complexity index is 953. The number of esters is 1. The van der Waals surface area contributed by atoms with Crippen molar-refractivity contribution in [3.8, 4) is 0 Å². The van der Waals surface area contributed by atoms with E-state index in [0.717, 1.165) is 17.6 Å². The van der Waals surface area contributed by atoms with Gasteiger partial charge in [-0.3, -0.25) is 0 Å². The van der Waals surface area contributed by atoms with E-state index >= 15 is 0 Å². The highest BCUT2D eigenvalue weighted by atomic mass is 28.4. The molecule has 0 rings (SSSR count). The van der Waals surface area contributed by atoms with Crippen molar-refractivity contribution in [1.29, 1.82) is 0 Å². The minimum absolute atomic E-state index is 0.0243. The van der Waals surface area contributed by atoms with E-state index in [-0.39, 0.29) is 28.3 Å². The van der Waals surface area contributed by atoms with Crippen LogP contribution in [-0.4, -0.2) is 41.4 Å². The molecule has 0 aromatic rings. The van der Waals surface area contributed by atoms with Crippen molar-refractivity contribution in [2.45, 2.75) is 138 Å². The van der Waals surface area contributed by atoms with Gasteiger partial charge in [0.2, 0.25) is 0 Å². The second-order valence-electron chi connectivity index (χ2n) is 14.4. The van der Waals surface area contributed by atoms with Crippen molar-refractivity contribution in [3.05, 3.63) is 59.3 Å². The second kappa shape index (κ2) is 16.2. The summed E-state index contributed by atoms with van der Waals surface area (Å²) in [7, 11) is -3.80. The number of carbonyl (C=O) groups excluding carboxylic acids is 1. The summed E-state index contributed by atoms with van der Waals surface area (Å²) < 4.78 is 18.6. The number of ether oxygens (including phenoxy) is 1. The van der Waals surface area contributed by atoms with Crippen molar-refractivity contribution in [3.63, 3.8) is 0 Å². The largest absolute Gasteiger partial charge is 0.463 e. The van der Waals surface area contributed by atoms with Gasteiger partial charge in [0.25, 0.3) is 0 Å². The first-order valence-electron chi connectivity index (χ1n) is 14.9. The molecule has 0 unspecified atom stereocenters. The van der Waals surface area contributed by atoms with Gasteiger partial charge in [0, 0.05) is 12.2 Å². The normalized spacial score (nSPS) is 17.4. The standard InChI is InChI=1S/C34H62O4Si2/c1-17-36-32(35)22-21-28(4)23-26(2)19-18-20-27(3)24-31(38-40(15,16)34(10,11)12)29(5)25-30(6)37-39(13,14)33(7,8)9/h18-24,29-31H,17,25H2,1-16H3/b20-18+,22-21+,26-19+,27-24+,28-23+/t29-,30-,31-/m1/s1. The van der Waals surface area contributed by atoms with Gasteiger partial charge < -0.3 is 13.6 Å². The van der Waals surface area contributed by atoms with Gasteiger partial charge in [-0.2, -0.15) is 0 Å². The molecule has 230 valence electrons. The van der Waals surface area contributed by atoms with Crippen molar-refractivity contribution in [1.82, 2.24) is 0 Å². The summed E-state index contributed by atoms with van der Waals surface area (Å²) in [4.78, 5) is 11.5. The Morgan fingerprint density at radius 3 is 1.80 bits per heavy atom. The summed E-state index contributed by atoms with van der Waals surface area (Å²) >= 11 is 0. The average Bonchev–Trinajstić information content (AvgIpc) is 2.75. The highest BCUT2D eigenvalue weighted by Gasteiger charge is 2.41. The molecule has 0 bridgehead atoms. The van der Waals surface area contributed by atoms with Crippen LogP contribution >= 0.6 is 0 Å². The van der Waals surface area contributed by atoms with Crippen LogP contribution in [-0.2, 0) is 18.4 Å². The molecule has 0 fully saturated rings. The Morgan fingerprint density at radius 2 is 1.30 bits per heavy atom. The molecule has 0 aromatic heterocycles. The predicted molar refractivity (Wildman–Crippen MR) is 180 cm³/mol. The monoisotopic (exact) mass is 590 g/mol. The van der Waals surface area contributed by atoms with Crippen LogP contribution in [0.15, 0.2) is 59.3 Å². The SMILES string of the molecule is CCOC(=O)/C=C/C(C)=C/C(C)=C/C=C/C(C)=C/[C@@H](O[Si](C)(C)C(C)(C)C)[C@H](C)C[C@@H](C)O[Si](C)(C)C(C)(C)C. The molecule has 0 saturated carbocycles. The molecule has 0 aliphatic carbocycles. The van der Waals surface area contributed by atoms with Crippen LogP contribution in [0.1, 0.15) is 89.5 Å². The summed E-state index contributed by atoms with van der Waals surface area (Å²) in [6.45, 7) is 36.0. The molecule has 0 aliphatic rings. The number of rotatable bonds is 14. The minimum Gasteiger partial charge on any atom is -0.463 e. The number of allylic oxidation sites excluding steroid dienone is 8. The molecule has 0 saturated heterocycles. The lowest BCUT2D eigenvalue weighted by molar-refractivity contribution is -0.137. The smallest absolute Gasteiger partial charge is 0.330 e. The first-order chi connectivity index (χ1) is 18.0. The van der Waals surface area contributed by atoms with Crippen molar-refractivity contribution in [2.75, 3.05) is 6.61 Å². The summed E-state index contributed by atoms with van der Waals surface area (Å²) in [6.07, 6.45) is 15.1. The van der Waals surface area contributed by atoms with Gasteiger partial charge in [0.05, 0.1) is 12.7 Å². The maximum Gasteiger partial charge on any atom is 0.330 e. The molecule has 0 spiro atoms. The Morgan fingerprint density at radius 1 is 0.775 bits per heavy atom. The van der Waals surface area contributed by atoms with Gasteiger partial charge in [-0.1, -0.05) is 102 Å².